The highest BCUT2D eigenvalue weighted by Crippen LogP contribution is 2.37. The molecule has 0 aliphatic heterocycles. The van der Waals surface area contributed by atoms with Crippen LogP contribution in [-0.2, 0) is 12.2 Å². The van der Waals surface area contributed by atoms with Crippen molar-refractivity contribution in [2.75, 3.05) is 13.2 Å². The molecule has 0 bridgehead atoms. The second kappa shape index (κ2) is 23.0. The zero-order valence-corrected chi connectivity index (χ0v) is 29.8. The van der Waals surface area contributed by atoms with Crippen molar-refractivity contribution in [3.63, 3.8) is 0 Å². The fourth-order valence-electron chi connectivity index (χ4n) is 4.14. The lowest BCUT2D eigenvalue weighted by Crippen LogP contribution is -2.23. The summed E-state index contributed by atoms with van der Waals surface area (Å²) in [5.41, 5.74) is -0.548. The van der Waals surface area contributed by atoms with E-state index in [0.717, 1.165) is 51.4 Å². The fraction of sp³-hybridized carbons (Fsp3) is 0.429. The summed E-state index contributed by atoms with van der Waals surface area (Å²) in [5, 5.41) is 0. The SMILES string of the molecule is C=CCC.CCCC#CCCCOc1ccc(C(F)(F)Oc2ccc(OC(F)(F)c3ccc(OCCCC#CCCCC)cc3)c(C)c2)cc1. The zero-order chi connectivity index (χ0) is 36.7. The minimum absolute atomic E-state index is 0.168. The maximum atomic E-state index is 15.0. The van der Waals surface area contributed by atoms with Crippen LogP contribution in [0.5, 0.6) is 23.0 Å². The minimum Gasteiger partial charge on any atom is -0.494 e. The zero-order valence-electron chi connectivity index (χ0n) is 29.8. The van der Waals surface area contributed by atoms with Crippen LogP contribution in [0.1, 0.15) is 102 Å². The predicted molar refractivity (Wildman–Crippen MR) is 193 cm³/mol. The molecule has 0 aliphatic carbocycles. The first-order valence-electron chi connectivity index (χ1n) is 17.3. The molecule has 8 heteroatoms. The molecule has 0 heterocycles. The summed E-state index contributed by atoms with van der Waals surface area (Å²) in [4.78, 5) is 0. The van der Waals surface area contributed by atoms with Gasteiger partial charge in [-0.05, 0) is 111 Å². The summed E-state index contributed by atoms with van der Waals surface area (Å²) in [6.45, 7) is 12.1. The Kier molecular flexibility index (Phi) is 19.1. The highest BCUT2D eigenvalue weighted by Gasteiger charge is 2.36. The Bertz CT molecular complexity index is 1530. The van der Waals surface area contributed by atoms with Crippen LogP contribution in [0.25, 0.3) is 0 Å². The number of rotatable bonds is 18. The molecule has 0 saturated carbocycles. The Labute approximate surface area is 296 Å². The van der Waals surface area contributed by atoms with Gasteiger partial charge < -0.3 is 18.9 Å². The van der Waals surface area contributed by atoms with E-state index in [0.29, 0.717) is 37.6 Å². The van der Waals surface area contributed by atoms with Crippen LogP contribution in [0.2, 0.25) is 0 Å². The van der Waals surface area contributed by atoms with E-state index in [4.69, 9.17) is 18.9 Å². The van der Waals surface area contributed by atoms with E-state index in [1.807, 2.05) is 6.08 Å². The van der Waals surface area contributed by atoms with Gasteiger partial charge in [0.1, 0.15) is 23.0 Å². The van der Waals surface area contributed by atoms with Crippen LogP contribution in [0.4, 0.5) is 17.6 Å². The Hall–Kier alpha value is -4.56. The van der Waals surface area contributed by atoms with Crippen LogP contribution in [0.15, 0.2) is 79.4 Å². The molecule has 270 valence electrons. The Morgan fingerprint density at radius 2 is 1.04 bits per heavy atom. The van der Waals surface area contributed by atoms with E-state index in [2.05, 4.69) is 51.0 Å². The molecule has 3 aromatic rings. The molecular weight excluding hydrogens is 644 g/mol. The average Bonchev–Trinajstić information content (AvgIpc) is 3.10. The molecule has 3 aromatic carbocycles. The second-order valence-corrected chi connectivity index (χ2v) is 11.4. The van der Waals surface area contributed by atoms with E-state index in [1.165, 1.54) is 73.7 Å². The van der Waals surface area contributed by atoms with Gasteiger partial charge in [0, 0.05) is 25.7 Å². The van der Waals surface area contributed by atoms with Gasteiger partial charge in [0.05, 0.1) is 24.3 Å². The summed E-state index contributed by atoms with van der Waals surface area (Å²) < 4.78 is 81.0. The molecule has 0 aliphatic rings. The molecule has 0 fully saturated rings. The van der Waals surface area contributed by atoms with E-state index >= 15 is 0 Å². The molecular formula is C42H50F4O4. The van der Waals surface area contributed by atoms with Gasteiger partial charge in [-0.15, -0.1) is 30.3 Å². The van der Waals surface area contributed by atoms with Gasteiger partial charge in [-0.3, -0.25) is 0 Å². The Morgan fingerprint density at radius 1 is 0.600 bits per heavy atom. The van der Waals surface area contributed by atoms with E-state index in [9.17, 15) is 17.6 Å². The molecule has 0 unspecified atom stereocenters. The summed E-state index contributed by atoms with van der Waals surface area (Å²) in [6.07, 6.45) is 3.51. The molecule has 0 atom stereocenters. The quantitative estimate of drug-likeness (QED) is 0.0575. The molecule has 0 N–H and O–H groups in total. The third-order valence-corrected chi connectivity index (χ3v) is 7.01. The van der Waals surface area contributed by atoms with Gasteiger partial charge in [0.25, 0.3) is 0 Å². The van der Waals surface area contributed by atoms with Gasteiger partial charge in [0.15, 0.2) is 0 Å². The molecule has 0 spiro atoms. The molecule has 0 radical (unpaired) electrons. The minimum atomic E-state index is -3.67. The maximum absolute atomic E-state index is 15.0. The largest absolute Gasteiger partial charge is 0.494 e. The molecule has 3 rings (SSSR count). The van der Waals surface area contributed by atoms with Gasteiger partial charge in [-0.1, -0.05) is 33.3 Å². The van der Waals surface area contributed by atoms with Crippen molar-refractivity contribution in [2.45, 2.75) is 104 Å². The van der Waals surface area contributed by atoms with Gasteiger partial charge in [-0.2, -0.15) is 17.6 Å². The van der Waals surface area contributed by atoms with E-state index in [-0.39, 0.29) is 28.2 Å². The molecule has 50 heavy (non-hydrogen) atoms. The number of aryl methyl sites for hydroxylation is 1. The first kappa shape index (κ1) is 41.6. The smallest absolute Gasteiger partial charge is 0.426 e. The number of unbranched alkanes of at least 4 members (excludes halogenated alkanes) is 5. The van der Waals surface area contributed by atoms with Gasteiger partial charge in [0.2, 0.25) is 0 Å². The Balaban J connectivity index is 0.00000205. The van der Waals surface area contributed by atoms with E-state index in [1.54, 1.807) is 0 Å². The van der Waals surface area contributed by atoms with Crippen molar-refractivity contribution in [1.82, 2.24) is 0 Å². The average molecular weight is 695 g/mol. The summed E-state index contributed by atoms with van der Waals surface area (Å²) in [6, 6.07) is 14.3. The lowest BCUT2D eigenvalue weighted by molar-refractivity contribution is -0.188. The molecule has 0 aromatic heterocycles. The van der Waals surface area contributed by atoms with Gasteiger partial charge >= 0.3 is 12.2 Å². The first-order valence-corrected chi connectivity index (χ1v) is 17.3. The molecule has 4 nitrogen and oxygen atoms in total. The first-order chi connectivity index (χ1) is 24.1. The third kappa shape index (κ3) is 15.8. The topological polar surface area (TPSA) is 36.9 Å². The predicted octanol–water partition coefficient (Wildman–Crippen LogP) is 12.1. The number of allylic oxidation sites excluding steroid dienone is 1. The van der Waals surface area contributed by atoms with Crippen molar-refractivity contribution in [2.24, 2.45) is 0 Å². The summed E-state index contributed by atoms with van der Waals surface area (Å²) >= 11 is 0. The van der Waals surface area contributed by atoms with Crippen molar-refractivity contribution in [1.29, 1.82) is 0 Å². The third-order valence-electron chi connectivity index (χ3n) is 7.01. The lowest BCUT2D eigenvalue weighted by Gasteiger charge is -2.22. The van der Waals surface area contributed by atoms with Crippen LogP contribution < -0.4 is 18.9 Å². The van der Waals surface area contributed by atoms with Gasteiger partial charge in [-0.25, -0.2) is 0 Å². The highest BCUT2D eigenvalue weighted by atomic mass is 19.3. The standard InChI is InChI=1S/C38H42F4O4.C4H8/c1-4-6-8-10-12-14-16-28-44-34-23-19-32(20-24-34)38(41,42)46-36-26-25-35(29-30(36)3)45-37(39,40)31-17-21-33(22-18-31)43-27-15-13-11-9-7-5-2;1-3-4-2/h17-26,29H,4-8,13-16,27-28H2,1-3H3;3H,1,4H2,2H3. The van der Waals surface area contributed by atoms with E-state index < -0.39 is 12.2 Å². The number of hydrogen-bond acceptors (Lipinski definition) is 4. The normalized spacial score (nSPS) is 10.7. The fourth-order valence-corrected chi connectivity index (χ4v) is 4.14. The van der Waals surface area contributed by atoms with Crippen molar-refractivity contribution in [3.05, 3.63) is 96.1 Å². The highest BCUT2D eigenvalue weighted by molar-refractivity contribution is 5.41. The van der Waals surface area contributed by atoms with Crippen molar-refractivity contribution < 1.29 is 36.5 Å². The van der Waals surface area contributed by atoms with Crippen LogP contribution in [-0.4, -0.2) is 13.2 Å². The lowest BCUT2D eigenvalue weighted by atomic mass is 10.1. The number of alkyl halides is 4. The molecule has 0 amide bonds. The van der Waals surface area contributed by atoms with Crippen LogP contribution in [0, 0.1) is 30.6 Å². The van der Waals surface area contributed by atoms with Crippen molar-refractivity contribution >= 4 is 0 Å². The van der Waals surface area contributed by atoms with Crippen LogP contribution in [0.3, 0.4) is 0 Å². The summed E-state index contributed by atoms with van der Waals surface area (Å²) in [5.74, 6) is 12.9. The Morgan fingerprint density at radius 3 is 1.48 bits per heavy atom. The summed E-state index contributed by atoms with van der Waals surface area (Å²) in [7, 11) is 0. The maximum Gasteiger partial charge on any atom is 0.426 e. The monoisotopic (exact) mass is 694 g/mol. The second-order valence-electron chi connectivity index (χ2n) is 11.4. The number of hydrogen-bond donors (Lipinski definition) is 0. The molecule has 0 saturated heterocycles. The van der Waals surface area contributed by atoms with Crippen molar-refractivity contribution in [3.8, 4) is 46.7 Å². The number of ether oxygens (including phenoxy) is 4. The number of benzene rings is 3. The number of halogens is 4. The van der Waals surface area contributed by atoms with Crippen LogP contribution >= 0.6 is 0 Å².